The highest BCUT2D eigenvalue weighted by Crippen LogP contribution is 2.27. The second kappa shape index (κ2) is 5.87. The molecular formula is C14H21N3O. The Hall–Kier alpha value is -1.55. The van der Waals surface area contributed by atoms with Crippen molar-refractivity contribution in [3.8, 4) is 0 Å². The summed E-state index contributed by atoms with van der Waals surface area (Å²) in [5.41, 5.74) is 7.44. The van der Waals surface area contributed by atoms with E-state index in [-0.39, 0.29) is 6.03 Å². The zero-order chi connectivity index (χ0) is 13.0. The lowest BCUT2D eigenvalue weighted by Crippen LogP contribution is -2.37. The standard InChI is InChI=1S/C14H21N3O/c1-2-8-17(13-6-7-13)14(18)16-12-5-3-4-11(9-12)10-15/h3-5,9,13H,2,6-8,10,15H2,1H3,(H,16,18). The number of urea groups is 1. The van der Waals surface area contributed by atoms with E-state index in [1.165, 1.54) is 0 Å². The molecule has 0 radical (unpaired) electrons. The molecule has 0 aromatic heterocycles. The molecule has 3 N–H and O–H groups in total. The molecule has 0 saturated heterocycles. The Morgan fingerprint density at radius 3 is 2.89 bits per heavy atom. The summed E-state index contributed by atoms with van der Waals surface area (Å²) in [5.74, 6) is 0. The molecule has 1 fully saturated rings. The van der Waals surface area contributed by atoms with Gasteiger partial charge in [-0.05, 0) is 37.0 Å². The lowest BCUT2D eigenvalue weighted by atomic mass is 10.2. The first-order chi connectivity index (χ1) is 8.74. The smallest absolute Gasteiger partial charge is 0.322 e. The number of benzene rings is 1. The zero-order valence-corrected chi connectivity index (χ0v) is 10.9. The molecule has 1 aliphatic carbocycles. The monoisotopic (exact) mass is 247 g/mol. The topological polar surface area (TPSA) is 58.4 Å². The molecule has 0 atom stereocenters. The van der Waals surface area contributed by atoms with Crippen LogP contribution in [0.3, 0.4) is 0 Å². The van der Waals surface area contributed by atoms with Gasteiger partial charge in [-0.15, -0.1) is 0 Å². The number of carbonyl (C=O) groups is 1. The van der Waals surface area contributed by atoms with Crippen LogP contribution in [0, 0.1) is 0 Å². The molecule has 1 saturated carbocycles. The Labute approximate surface area is 108 Å². The molecule has 1 aromatic rings. The van der Waals surface area contributed by atoms with Crippen molar-refractivity contribution in [3.05, 3.63) is 29.8 Å². The summed E-state index contributed by atoms with van der Waals surface area (Å²) >= 11 is 0. The fourth-order valence-corrected chi connectivity index (χ4v) is 2.05. The predicted octanol–water partition coefficient (Wildman–Crippen LogP) is 2.55. The molecule has 0 aliphatic heterocycles. The van der Waals surface area contributed by atoms with Crippen molar-refractivity contribution in [1.29, 1.82) is 0 Å². The average Bonchev–Trinajstić information content (AvgIpc) is 3.20. The summed E-state index contributed by atoms with van der Waals surface area (Å²) in [7, 11) is 0. The highest BCUT2D eigenvalue weighted by atomic mass is 16.2. The number of nitrogens with one attached hydrogen (secondary N) is 1. The minimum absolute atomic E-state index is 0.00789. The number of amides is 2. The van der Waals surface area contributed by atoms with Crippen LogP contribution in [-0.2, 0) is 6.54 Å². The summed E-state index contributed by atoms with van der Waals surface area (Å²) in [5, 5.41) is 2.95. The number of nitrogens with two attached hydrogens (primary N) is 1. The summed E-state index contributed by atoms with van der Waals surface area (Å²) in [4.78, 5) is 14.1. The molecule has 0 bridgehead atoms. The Kier molecular flexibility index (Phi) is 4.20. The Morgan fingerprint density at radius 2 is 2.28 bits per heavy atom. The van der Waals surface area contributed by atoms with E-state index in [1.807, 2.05) is 29.2 Å². The molecule has 0 heterocycles. The Balaban J connectivity index is 2.00. The van der Waals surface area contributed by atoms with Gasteiger partial charge in [0.1, 0.15) is 0 Å². The number of carbonyl (C=O) groups excluding carboxylic acids is 1. The summed E-state index contributed by atoms with van der Waals surface area (Å²) < 4.78 is 0. The first-order valence-corrected chi connectivity index (χ1v) is 6.61. The fourth-order valence-electron chi connectivity index (χ4n) is 2.05. The second-order valence-electron chi connectivity index (χ2n) is 4.76. The molecule has 0 unspecified atom stereocenters. The average molecular weight is 247 g/mol. The highest BCUT2D eigenvalue weighted by Gasteiger charge is 2.31. The van der Waals surface area contributed by atoms with Gasteiger partial charge in [0, 0.05) is 24.8 Å². The molecule has 4 heteroatoms. The number of anilines is 1. The van der Waals surface area contributed by atoms with Crippen LogP contribution in [0.25, 0.3) is 0 Å². The largest absolute Gasteiger partial charge is 0.326 e. The number of hydrogen-bond donors (Lipinski definition) is 2. The Bertz CT molecular complexity index is 415. The number of rotatable bonds is 5. The molecule has 4 nitrogen and oxygen atoms in total. The third kappa shape index (κ3) is 3.23. The van der Waals surface area contributed by atoms with E-state index < -0.39 is 0 Å². The van der Waals surface area contributed by atoms with E-state index in [0.717, 1.165) is 37.1 Å². The molecule has 0 spiro atoms. The van der Waals surface area contributed by atoms with Crippen LogP contribution >= 0.6 is 0 Å². The third-order valence-electron chi connectivity index (χ3n) is 3.13. The maximum atomic E-state index is 12.2. The molecule has 1 aromatic carbocycles. The van der Waals surface area contributed by atoms with Crippen molar-refractivity contribution in [3.63, 3.8) is 0 Å². The first kappa shape index (κ1) is 12.9. The fraction of sp³-hybridized carbons (Fsp3) is 0.500. The van der Waals surface area contributed by atoms with Gasteiger partial charge in [0.25, 0.3) is 0 Å². The van der Waals surface area contributed by atoms with Crippen molar-refractivity contribution < 1.29 is 4.79 Å². The molecule has 98 valence electrons. The van der Waals surface area contributed by atoms with Crippen LogP contribution in [0.15, 0.2) is 24.3 Å². The van der Waals surface area contributed by atoms with Gasteiger partial charge in [-0.3, -0.25) is 0 Å². The first-order valence-electron chi connectivity index (χ1n) is 6.61. The summed E-state index contributed by atoms with van der Waals surface area (Å²) in [6.07, 6.45) is 3.26. The van der Waals surface area contributed by atoms with Crippen molar-refractivity contribution in [2.24, 2.45) is 5.73 Å². The maximum Gasteiger partial charge on any atom is 0.322 e. The van der Waals surface area contributed by atoms with Gasteiger partial charge >= 0.3 is 6.03 Å². The summed E-state index contributed by atoms with van der Waals surface area (Å²) in [6.45, 7) is 3.41. The van der Waals surface area contributed by atoms with E-state index in [0.29, 0.717) is 12.6 Å². The number of nitrogens with zero attached hydrogens (tertiary/aromatic N) is 1. The number of hydrogen-bond acceptors (Lipinski definition) is 2. The summed E-state index contributed by atoms with van der Waals surface area (Å²) in [6, 6.07) is 8.15. The second-order valence-corrected chi connectivity index (χ2v) is 4.76. The third-order valence-corrected chi connectivity index (χ3v) is 3.13. The van der Waals surface area contributed by atoms with Crippen LogP contribution in [0.1, 0.15) is 31.7 Å². The van der Waals surface area contributed by atoms with Gasteiger partial charge in [0.05, 0.1) is 0 Å². The van der Waals surface area contributed by atoms with Crippen LogP contribution < -0.4 is 11.1 Å². The van der Waals surface area contributed by atoms with Gasteiger partial charge in [-0.1, -0.05) is 19.1 Å². The van der Waals surface area contributed by atoms with Crippen LogP contribution in [-0.4, -0.2) is 23.5 Å². The van der Waals surface area contributed by atoms with Gasteiger partial charge in [0.2, 0.25) is 0 Å². The zero-order valence-electron chi connectivity index (χ0n) is 10.9. The van der Waals surface area contributed by atoms with E-state index in [2.05, 4.69) is 12.2 Å². The molecule has 18 heavy (non-hydrogen) atoms. The van der Waals surface area contributed by atoms with Crippen LogP contribution in [0.2, 0.25) is 0 Å². The van der Waals surface area contributed by atoms with Gasteiger partial charge < -0.3 is 16.0 Å². The molecular weight excluding hydrogens is 226 g/mol. The van der Waals surface area contributed by atoms with Gasteiger partial charge in [-0.2, -0.15) is 0 Å². The van der Waals surface area contributed by atoms with Crippen LogP contribution in [0.4, 0.5) is 10.5 Å². The highest BCUT2D eigenvalue weighted by molar-refractivity contribution is 5.89. The quantitative estimate of drug-likeness (QED) is 0.840. The maximum absolute atomic E-state index is 12.2. The molecule has 2 rings (SSSR count). The minimum atomic E-state index is 0.00789. The molecule has 2 amide bonds. The van der Waals surface area contributed by atoms with Crippen molar-refractivity contribution in [2.45, 2.75) is 38.8 Å². The minimum Gasteiger partial charge on any atom is -0.326 e. The Morgan fingerprint density at radius 1 is 1.50 bits per heavy atom. The van der Waals surface area contributed by atoms with Crippen LogP contribution in [0.5, 0.6) is 0 Å². The van der Waals surface area contributed by atoms with Crippen molar-refractivity contribution in [1.82, 2.24) is 4.90 Å². The van der Waals surface area contributed by atoms with E-state index in [4.69, 9.17) is 5.73 Å². The lowest BCUT2D eigenvalue weighted by Gasteiger charge is -2.22. The van der Waals surface area contributed by atoms with E-state index >= 15 is 0 Å². The van der Waals surface area contributed by atoms with Crippen molar-refractivity contribution >= 4 is 11.7 Å². The van der Waals surface area contributed by atoms with Gasteiger partial charge in [-0.25, -0.2) is 4.79 Å². The predicted molar refractivity (Wildman–Crippen MR) is 73.4 cm³/mol. The SMILES string of the molecule is CCCN(C(=O)Nc1cccc(CN)c1)C1CC1. The van der Waals surface area contributed by atoms with E-state index in [1.54, 1.807) is 0 Å². The lowest BCUT2D eigenvalue weighted by molar-refractivity contribution is 0.209. The molecule has 1 aliphatic rings. The van der Waals surface area contributed by atoms with Crippen molar-refractivity contribution in [2.75, 3.05) is 11.9 Å². The van der Waals surface area contributed by atoms with E-state index in [9.17, 15) is 4.79 Å². The van der Waals surface area contributed by atoms with Gasteiger partial charge in [0.15, 0.2) is 0 Å². The normalized spacial score (nSPS) is 14.3.